The Balaban J connectivity index is 1.65. The van der Waals surface area contributed by atoms with Gasteiger partial charge >= 0.3 is 0 Å². The molecule has 0 spiro atoms. The first-order valence-corrected chi connectivity index (χ1v) is 12.0. The Labute approximate surface area is 178 Å². The fourth-order valence-electron chi connectivity index (χ4n) is 6.91. The highest BCUT2D eigenvalue weighted by atomic mass is 16.1. The molecule has 4 aliphatic carbocycles. The molecule has 1 heteroatoms. The molecular weight excluding hydrogens is 352 g/mol. The predicted octanol–water partition coefficient (Wildman–Crippen LogP) is 7.46. The van der Waals surface area contributed by atoms with Gasteiger partial charge in [0.2, 0.25) is 0 Å². The molecule has 4 aliphatic rings. The summed E-state index contributed by atoms with van der Waals surface area (Å²) in [6, 6.07) is 0. The highest BCUT2D eigenvalue weighted by molar-refractivity contribution is 5.92. The van der Waals surface area contributed by atoms with Crippen LogP contribution in [-0.4, -0.2) is 5.78 Å². The van der Waals surface area contributed by atoms with E-state index >= 15 is 0 Å². The third-order valence-electron chi connectivity index (χ3n) is 9.37. The molecule has 6 atom stereocenters. The van der Waals surface area contributed by atoms with E-state index in [1.165, 1.54) is 31.3 Å². The van der Waals surface area contributed by atoms with Gasteiger partial charge in [-0.3, -0.25) is 4.79 Å². The van der Waals surface area contributed by atoms with Crippen LogP contribution >= 0.6 is 0 Å². The van der Waals surface area contributed by atoms with E-state index in [4.69, 9.17) is 0 Å². The van der Waals surface area contributed by atoms with E-state index in [1.807, 2.05) is 6.08 Å². The van der Waals surface area contributed by atoms with Crippen molar-refractivity contribution in [3.8, 4) is 0 Å². The maximum atomic E-state index is 12.0. The van der Waals surface area contributed by atoms with Crippen LogP contribution in [0.4, 0.5) is 0 Å². The van der Waals surface area contributed by atoms with Crippen LogP contribution in [0.2, 0.25) is 0 Å². The predicted molar refractivity (Wildman–Crippen MR) is 122 cm³/mol. The number of fused-ring (bicyclic) bond motifs is 4. The van der Waals surface area contributed by atoms with E-state index < -0.39 is 0 Å². The third kappa shape index (κ3) is 3.33. The lowest BCUT2D eigenvalue weighted by molar-refractivity contribution is -0.116. The Morgan fingerprint density at radius 2 is 1.72 bits per heavy atom. The molecule has 0 aromatic heterocycles. The van der Waals surface area contributed by atoms with Gasteiger partial charge in [-0.15, -0.1) is 0 Å². The van der Waals surface area contributed by atoms with E-state index in [1.54, 1.807) is 11.1 Å². The first kappa shape index (κ1) is 20.9. The molecule has 0 aromatic rings. The first-order valence-electron chi connectivity index (χ1n) is 12.0. The van der Waals surface area contributed by atoms with Crippen LogP contribution in [0.15, 0.2) is 47.1 Å². The number of hydrogen-bond donors (Lipinski definition) is 0. The van der Waals surface area contributed by atoms with Gasteiger partial charge in [0.25, 0.3) is 0 Å². The molecule has 0 radical (unpaired) electrons. The van der Waals surface area contributed by atoms with Crippen LogP contribution in [0.1, 0.15) is 80.1 Å². The Morgan fingerprint density at radius 3 is 2.45 bits per heavy atom. The Hall–Kier alpha value is -1.37. The molecule has 1 nitrogen and oxygen atoms in total. The zero-order chi connectivity index (χ0) is 21.0. The standard InChI is InChI=1S/C28H40O/c1-18(2)19(3)7-8-20(4)24-11-12-25-23-10-9-21-17-22(29)13-15-27(21,5)26(23)14-16-28(24,25)6/h7-10,17-20,24,26H,11-16H2,1-6H3/b8-7+/t19?,20?,24-,26?,27+,28-/m1/s1. The second-order valence-corrected chi connectivity index (χ2v) is 11.3. The second-order valence-electron chi connectivity index (χ2n) is 11.3. The molecule has 158 valence electrons. The van der Waals surface area contributed by atoms with Crippen molar-refractivity contribution in [1.29, 1.82) is 0 Å². The van der Waals surface area contributed by atoms with Crippen molar-refractivity contribution in [2.45, 2.75) is 80.1 Å². The van der Waals surface area contributed by atoms with Gasteiger partial charge in [0.15, 0.2) is 5.78 Å². The minimum absolute atomic E-state index is 0.169. The monoisotopic (exact) mass is 392 g/mol. The summed E-state index contributed by atoms with van der Waals surface area (Å²) >= 11 is 0. The fourth-order valence-corrected chi connectivity index (χ4v) is 6.91. The number of carbonyl (C=O) groups is 1. The van der Waals surface area contributed by atoms with E-state index in [0.29, 0.717) is 34.9 Å². The molecule has 0 saturated heterocycles. The molecule has 0 heterocycles. The van der Waals surface area contributed by atoms with Crippen molar-refractivity contribution in [2.24, 2.45) is 40.4 Å². The van der Waals surface area contributed by atoms with E-state index in [-0.39, 0.29) is 5.41 Å². The molecule has 0 amide bonds. The summed E-state index contributed by atoms with van der Waals surface area (Å²) < 4.78 is 0. The van der Waals surface area contributed by atoms with E-state index in [9.17, 15) is 4.79 Å². The highest BCUT2D eigenvalue weighted by Gasteiger charge is 2.53. The van der Waals surface area contributed by atoms with E-state index in [2.05, 4.69) is 65.8 Å². The lowest BCUT2D eigenvalue weighted by Gasteiger charge is -2.51. The van der Waals surface area contributed by atoms with Crippen LogP contribution in [0.3, 0.4) is 0 Å². The van der Waals surface area contributed by atoms with Crippen LogP contribution < -0.4 is 0 Å². The average molecular weight is 393 g/mol. The van der Waals surface area contributed by atoms with Crippen molar-refractivity contribution in [3.63, 3.8) is 0 Å². The van der Waals surface area contributed by atoms with Gasteiger partial charge in [-0.05, 0) is 89.7 Å². The van der Waals surface area contributed by atoms with Gasteiger partial charge in [0.1, 0.15) is 0 Å². The van der Waals surface area contributed by atoms with Crippen molar-refractivity contribution in [3.05, 3.63) is 47.1 Å². The number of hydrogen-bond acceptors (Lipinski definition) is 1. The smallest absolute Gasteiger partial charge is 0.156 e. The van der Waals surface area contributed by atoms with Crippen LogP contribution in [0.5, 0.6) is 0 Å². The Morgan fingerprint density at radius 1 is 0.966 bits per heavy atom. The van der Waals surface area contributed by atoms with Gasteiger partial charge in [-0.2, -0.15) is 0 Å². The van der Waals surface area contributed by atoms with Crippen molar-refractivity contribution in [2.75, 3.05) is 0 Å². The Bertz CT molecular complexity index is 806. The molecule has 0 aliphatic heterocycles. The molecule has 29 heavy (non-hydrogen) atoms. The largest absolute Gasteiger partial charge is 0.295 e. The minimum Gasteiger partial charge on any atom is -0.295 e. The van der Waals surface area contributed by atoms with Crippen LogP contribution in [0.25, 0.3) is 0 Å². The van der Waals surface area contributed by atoms with Gasteiger partial charge < -0.3 is 0 Å². The zero-order valence-electron chi connectivity index (χ0n) is 19.4. The second kappa shape index (κ2) is 7.40. The SMILES string of the molecule is CC(C)C(C)/C=C/C(C)[C@H]1CCC2=C3C=CC4=CC(=O)CC[C@]4(C)C3CC[C@@]21C. The first-order chi connectivity index (χ1) is 13.7. The molecular formula is C28H40O. The minimum atomic E-state index is 0.169. The van der Waals surface area contributed by atoms with Gasteiger partial charge in [-0.1, -0.05) is 71.4 Å². The van der Waals surface area contributed by atoms with Gasteiger partial charge in [-0.25, -0.2) is 0 Å². The molecule has 1 saturated carbocycles. The topological polar surface area (TPSA) is 17.1 Å². The summed E-state index contributed by atoms with van der Waals surface area (Å²) in [7, 11) is 0. The normalized spacial score (nSPS) is 38.7. The van der Waals surface area contributed by atoms with E-state index in [0.717, 1.165) is 18.8 Å². The lowest BCUT2D eigenvalue weighted by atomic mass is 9.53. The summed E-state index contributed by atoms with van der Waals surface area (Å²) in [5, 5.41) is 0. The maximum Gasteiger partial charge on any atom is 0.156 e. The zero-order valence-corrected chi connectivity index (χ0v) is 19.4. The maximum absolute atomic E-state index is 12.0. The lowest BCUT2D eigenvalue weighted by Crippen LogP contribution is -2.41. The summed E-state index contributed by atoms with van der Waals surface area (Å²) in [5.41, 5.74) is 5.21. The number of ketones is 1. The quantitative estimate of drug-likeness (QED) is 0.454. The van der Waals surface area contributed by atoms with Crippen LogP contribution in [-0.2, 0) is 4.79 Å². The average Bonchev–Trinajstić information content (AvgIpc) is 3.03. The highest BCUT2D eigenvalue weighted by Crippen LogP contribution is 2.63. The molecule has 0 bridgehead atoms. The van der Waals surface area contributed by atoms with Crippen molar-refractivity contribution >= 4 is 5.78 Å². The summed E-state index contributed by atoms with van der Waals surface area (Å²) in [4.78, 5) is 12.0. The number of rotatable bonds is 4. The Kier molecular flexibility index (Phi) is 5.33. The molecule has 3 unspecified atom stereocenters. The third-order valence-corrected chi connectivity index (χ3v) is 9.37. The molecule has 0 N–H and O–H groups in total. The van der Waals surface area contributed by atoms with Gasteiger partial charge in [0, 0.05) is 6.42 Å². The number of allylic oxidation sites excluding steroid dienone is 8. The van der Waals surface area contributed by atoms with Gasteiger partial charge in [0.05, 0.1) is 0 Å². The molecule has 4 rings (SSSR count). The van der Waals surface area contributed by atoms with Crippen molar-refractivity contribution < 1.29 is 4.79 Å². The molecule has 1 fully saturated rings. The van der Waals surface area contributed by atoms with Crippen LogP contribution in [0, 0.1) is 40.4 Å². The summed E-state index contributed by atoms with van der Waals surface area (Å²) in [6.07, 6.45) is 18.5. The molecule has 0 aromatic carbocycles. The van der Waals surface area contributed by atoms with Crippen molar-refractivity contribution in [1.82, 2.24) is 0 Å². The summed E-state index contributed by atoms with van der Waals surface area (Å²) in [5.74, 6) is 3.69. The number of carbonyl (C=O) groups excluding carboxylic acids is 1. The summed E-state index contributed by atoms with van der Waals surface area (Å²) in [6.45, 7) is 14.4. The fraction of sp³-hybridized carbons (Fsp3) is 0.679.